The molecule has 0 unspecified atom stereocenters. The van der Waals surface area contributed by atoms with E-state index in [1.54, 1.807) is 23.0 Å². The minimum Gasteiger partial charge on any atom is -0.489 e. The molecule has 0 amide bonds. The first-order chi connectivity index (χ1) is 13.6. The van der Waals surface area contributed by atoms with Crippen molar-refractivity contribution in [2.24, 2.45) is 5.73 Å². The van der Waals surface area contributed by atoms with Crippen LogP contribution < -0.4 is 20.9 Å². The third-order valence-electron chi connectivity index (χ3n) is 4.77. The molecule has 0 radical (unpaired) electrons. The summed E-state index contributed by atoms with van der Waals surface area (Å²) in [7, 11) is 0. The number of halogens is 1. The zero-order valence-electron chi connectivity index (χ0n) is 15.3. The highest BCUT2D eigenvalue weighted by Gasteiger charge is 2.20. The van der Waals surface area contributed by atoms with Gasteiger partial charge in [-0.05, 0) is 42.3 Å². The standard InChI is InChI=1S/C21H21ClN4O2/c22-16-3-1-15(2-4-16)14-28-19-8-10-26(21(27)11-19)18-5-6-20(24-12-18)25-9-7-17(23)13-25/h1-6,8,10-12,17H,7,9,13-14,23H2/t17-/m1/s1. The summed E-state index contributed by atoms with van der Waals surface area (Å²) >= 11 is 5.88. The van der Waals surface area contributed by atoms with Gasteiger partial charge in [0.05, 0.1) is 11.9 Å². The molecule has 3 aromatic rings. The summed E-state index contributed by atoms with van der Waals surface area (Å²) in [6.45, 7) is 2.09. The molecule has 28 heavy (non-hydrogen) atoms. The number of rotatable bonds is 5. The van der Waals surface area contributed by atoms with Gasteiger partial charge in [0.25, 0.3) is 5.56 Å². The lowest BCUT2D eigenvalue weighted by Gasteiger charge is -2.17. The Labute approximate surface area is 168 Å². The Morgan fingerprint density at radius 2 is 2.00 bits per heavy atom. The van der Waals surface area contributed by atoms with Gasteiger partial charge in [0.2, 0.25) is 0 Å². The van der Waals surface area contributed by atoms with Crippen molar-refractivity contribution >= 4 is 17.4 Å². The first-order valence-electron chi connectivity index (χ1n) is 9.15. The van der Waals surface area contributed by atoms with Crippen molar-refractivity contribution in [1.82, 2.24) is 9.55 Å². The monoisotopic (exact) mass is 396 g/mol. The maximum Gasteiger partial charge on any atom is 0.258 e. The average Bonchev–Trinajstić information content (AvgIpc) is 3.14. The van der Waals surface area contributed by atoms with Gasteiger partial charge in [0.1, 0.15) is 18.2 Å². The average molecular weight is 397 g/mol. The first kappa shape index (κ1) is 18.5. The van der Waals surface area contributed by atoms with Crippen LogP contribution in [0.3, 0.4) is 0 Å². The molecule has 144 valence electrons. The van der Waals surface area contributed by atoms with E-state index in [1.165, 1.54) is 6.07 Å². The maximum atomic E-state index is 12.5. The Bertz CT molecular complexity index is 1000. The quantitative estimate of drug-likeness (QED) is 0.717. The number of nitrogens with zero attached hydrogens (tertiary/aromatic N) is 3. The van der Waals surface area contributed by atoms with Gasteiger partial charge in [-0.25, -0.2) is 4.98 Å². The lowest BCUT2D eigenvalue weighted by Crippen LogP contribution is -2.26. The summed E-state index contributed by atoms with van der Waals surface area (Å²) < 4.78 is 7.25. The summed E-state index contributed by atoms with van der Waals surface area (Å²) in [5.41, 5.74) is 7.47. The van der Waals surface area contributed by atoms with Crippen LogP contribution in [0, 0.1) is 0 Å². The van der Waals surface area contributed by atoms with E-state index < -0.39 is 0 Å². The number of anilines is 1. The third kappa shape index (κ3) is 4.18. The lowest BCUT2D eigenvalue weighted by atomic mass is 10.2. The maximum absolute atomic E-state index is 12.5. The van der Waals surface area contributed by atoms with Crippen LogP contribution in [0.4, 0.5) is 5.82 Å². The van der Waals surface area contributed by atoms with Crippen LogP contribution in [0.1, 0.15) is 12.0 Å². The van der Waals surface area contributed by atoms with Crippen molar-refractivity contribution in [2.45, 2.75) is 19.1 Å². The molecule has 0 saturated carbocycles. The second-order valence-electron chi connectivity index (χ2n) is 6.86. The lowest BCUT2D eigenvalue weighted by molar-refractivity contribution is 0.305. The molecule has 4 rings (SSSR count). The third-order valence-corrected chi connectivity index (χ3v) is 5.02. The van der Waals surface area contributed by atoms with Crippen molar-refractivity contribution in [1.29, 1.82) is 0 Å². The number of hydrogen-bond donors (Lipinski definition) is 1. The molecular formula is C21H21ClN4O2. The molecule has 0 aliphatic carbocycles. The molecule has 0 spiro atoms. The zero-order valence-corrected chi connectivity index (χ0v) is 16.0. The highest BCUT2D eigenvalue weighted by molar-refractivity contribution is 6.30. The molecule has 1 aliphatic heterocycles. The number of aromatic nitrogens is 2. The summed E-state index contributed by atoms with van der Waals surface area (Å²) in [4.78, 5) is 19.1. The molecule has 6 nitrogen and oxygen atoms in total. The molecule has 1 aromatic carbocycles. The molecule has 0 bridgehead atoms. The fourth-order valence-electron chi connectivity index (χ4n) is 3.21. The summed E-state index contributed by atoms with van der Waals surface area (Å²) in [6, 6.07) is 14.7. The number of hydrogen-bond acceptors (Lipinski definition) is 5. The second kappa shape index (κ2) is 8.04. The van der Waals surface area contributed by atoms with Gasteiger partial charge in [0, 0.05) is 36.4 Å². The molecule has 7 heteroatoms. The van der Waals surface area contributed by atoms with E-state index >= 15 is 0 Å². The summed E-state index contributed by atoms with van der Waals surface area (Å²) in [5.74, 6) is 1.40. The van der Waals surface area contributed by atoms with Gasteiger partial charge < -0.3 is 15.4 Å². The van der Waals surface area contributed by atoms with Crippen molar-refractivity contribution in [3.05, 3.63) is 81.9 Å². The predicted octanol–water partition coefficient (Wildman–Crippen LogP) is 3.00. The predicted molar refractivity (Wildman–Crippen MR) is 110 cm³/mol. The van der Waals surface area contributed by atoms with E-state index in [-0.39, 0.29) is 11.6 Å². The van der Waals surface area contributed by atoms with E-state index in [1.807, 2.05) is 36.4 Å². The smallest absolute Gasteiger partial charge is 0.258 e. The minimum absolute atomic E-state index is 0.175. The fourth-order valence-corrected chi connectivity index (χ4v) is 3.34. The van der Waals surface area contributed by atoms with Gasteiger partial charge >= 0.3 is 0 Å². The largest absolute Gasteiger partial charge is 0.489 e. The number of benzene rings is 1. The molecule has 1 saturated heterocycles. The topological polar surface area (TPSA) is 73.4 Å². The molecule has 1 atom stereocenters. The summed E-state index contributed by atoms with van der Waals surface area (Å²) in [6.07, 6.45) is 4.37. The van der Waals surface area contributed by atoms with Crippen LogP contribution in [0.15, 0.2) is 65.7 Å². The van der Waals surface area contributed by atoms with Gasteiger partial charge in [-0.2, -0.15) is 0 Å². The minimum atomic E-state index is -0.175. The van der Waals surface area contributed by atoms with Gasteiger partial charge in [-0.15, -0.1) is 0 Å². The molecule has 1 fully saturated rings. The van der Waals surface area contributed by atoms with Crippen molar-refractivity contribution < 1.29 is 4.74 Å². The van der Waals surface area contributed by atoms with Crippen molar-refractivity contribution in [2.75, 3.05) is 18.0 Å². The van der Waals surface area contributed by atoms with Crippen LogP contribution >= 0.6 is 11.6 Å². The van der Waals surface area contributed by atoms with Gasteiger partial charge in [-0.3, -0.25) is 9.36 Å². The van der Waals surface area contributed by atoms with E-state index in [2.05, 4.69) is 9.88 Å². The Morgan fingerprint density at radius 3 is 2.64 bits per heavy atom. The van der Waals surface area contributed by atoms with Crippen LogP contribution in [-0.4, -0.2) is 28.7 Å². The second-order valence-corrected chi connectivity index (χ2v) is 7.29. The Kier molecular flexibility index (Phi) is 5.32. The van der Waals surface area contributed by atoms with E-state index in [4.69, 9.17) is 22.1 Å². The number of nitrogens with two attached hydrogens (primary N) is 1. The molecular weight excluding hydrogens is 376 g/mol. The Hall–Kier alpha value is -2.83. The van der Waals surface area contributed by atoms with Gasteiger partial charge in [0.15, 0.2) is 0 Å². The van der Waals surface area contributed by atoms with Crippen LogP contribution in [0.25, 0.3) is 5.69 Å². The van der Waals surface area contributed by atoms with Crippen molar-refractivity contribution in [3.8, 4) is 11.4 Å². The van der Waals surface area contributed by atoms with E-state index in [0.29, 0.717) is 23.1 Å². The molecule has 1 aliphatic rings. The number of pyridine rings is 2. The SMILES string of the molecule is N[C@@H]1CCN(c2ccc(-n3ccc(OCc4ccc(Cl)cc4)cc3=O)cn2)C1. The van der Waals surface area contributed by atoms with Crippen LogP contribution in [0.2, 0.25) is 5.02 Å². The Morgan fingerprint density at radius 1 is 1.18 bits per heavy atom. The Balaban J connectivity index is 1.45. The van der Waals surface area contributed by atoms with Crippen LogP contribution in [-0.2, 0) is 6.61 Å². The fraction of sp³-hybridized carbons (Fsp3) is 0.238. The normalized spacial score (nSPS) is 16.4. The molecule has 2 aromatic heterocycles. The first-order valence-corrected chi connectivity index (χ1v) is 9.53. The molecule has 2 N–H and O–H groups in total. The highest BCUT2D eigenvalue weighted by atomic mass is 35.5. The van der Waals surface area contributed by atoms with E-state index in [9.17, 15) is 4.79 Å². The highest BCUT2D eigenvalue weighted by Crippen LogP contribution is 2.19. The molecule has 3 heterocycles. The zero-order chi connectivity index (χ0) is 19.5. The summed E-state index contributed by atoms with van der Waals surface area (Å²) in [5, 5.41) is 0.679. The van der Waals surface area contributed by atoms with E-state index in [0.717, 1.165) is 30.9 Å². The number of ether oxygens (including phenoxy) is 1. The van der Waals surface area contributed by atoms with Crippen molar-refractivity contribution in [3.63, 3.8) is 0 Å². The van der Waals surface area contributed by atoms with Gasteiger partial charge in [-0.1, -0.05) is 23.7 Å². The van der Waals surface area contributed by atoms with Crippen LogP contribution in [0.5, 0.6) is 5.75 Å².